The summed E-state index contributed by atoms with van der Waals surface area (Å²) in [5, 5.41) is 0. The number of hydrogen-bond donors (Lipinski definition) is 1. The van der Waals surface area contributed by atoms with Gasteiger partial charge in [0.05, 0.1) is 12.2 Å². The van der Waals surface area contributed by atoms with E-state index in [1.807, 2.05) is 35.7 Å². The summed E-state index contributed by atoms with van der Waals surface area (Å²) in [6.07, 6.45) is 5.03. The van der Waals surface area contributed by atoms with Gasteiger partial charge < -0.3 is 10.1 Å². The van der Waals surface area contributed by atoms with Gasteiger partial charge in [-0.1, -0.05) is 6.07 Å². The van der Waals surface area contributed by atoms with E-state index in [-0.39, 0.29) is 17.9 Å². The summed E-state index contributed by atoms with van der Waals surface area (Å²) in [5.41, 5.74) is 6.26. The maximum atomic E-state index is 12.2. The van der Waals surface area contributed by atoms with E-state index in [1.165, 1.54) is 10.8 Å². The molecule has 0 amide bonds. The summed E-state index contributed by atoms with van der Waals surface area (Å²) in [6.45, 7) is 2.37. The lowest BCUT2D eigenvalue weighted by Crippen LogP contribution is -2.40. The van der Waals surface area contributed by atoms with Crippen molar-refractivity contribution in [1.82, 2.24) is 18.5 Å². The van der Waals surface area contributed by atoms with E-state index >= 15 is 0 Å². The molecule has 0 fully saturated rings. The molecule has 0 aliphatic heterocycles. The number of imidazole rings is 1. The molecule has 0 spiro atoms. The largest absolute Gasteiger partial charge is 0.393 e. The smallest absolute Gasteiger partial charge is 0.331 e. The van der Waals surface area contributed by atoms with Crippen LogP contribution >= 0.6 is 0 Å². The van der Waals surface area contributed by atoms with Gasteiger partial charge in [-0.15, -0.1) is 0 Å². The molecule has 0 saturated heterocycles. The van der Waals surface area contributed by atoms with Crippen molar-refractivity contribution in [1.29, 1.82) is 0 Å². The molecule has 0 aromatic carbocycles. The summed E-state index contributed by atoms with van der Waals surface area (Å²) in [4.78, 5) is 28.7. The maximum absolute atomic E-state index is 12.2. The lowest BCUT2D eigenvalue weighted by molar-refractivity contribution is 0.599. The van der Waals surface area contributed by atoms with Crippen molar-refractivity contribution in [3.8, 4) is 0 Å². The van der Waals surface area contributed by atoms with Crippen LogP contribution in [0.4, 0.5) is 5.69 Å². The molecule has 2 N–H and O–H groups in total. The molecule has 3 aromatic heterocycles. The molecule has 0 unspecified atom stereocenters. The second kappa shape index (κ2) is 4.93. The average Bonchev–Trinajstić information content (AvgIpc) is 2.89. The SMILES string of the molecule is CCn1cc(N)c(=O)n(Cc2cn3ccccc3n2)c1=O. The minimum absolute atomic E-state index is 0.0558. The van der Waals surface area contributed by atoms with Crippen LogP contribution in [0.1, 0.15) is 12.6 Å². The Morgan fingerprint density at radius 1 is 1.24 bits per heavy atom. The van der Waals surface area contributed by atoms with Crippen LogP contribution in [0.5, 0.6) is 0 Å². The average molecular weight is 285 g/mol. The van der Waals surface area contributed by atoms with Crippen LogP contribution in [0.2, 0.25) is 0 Å². The number of nitrogens with zero attached hydrogens (tertiary/aromatic N) is 4. The van der Waals surface area contributed by atoms with Gasteiger partial charge in [0.2, 0.25) is 0 Å². The molecule has 0 aliphatic carbocycles. The van der Waals surface area contributed by atoms with Crippen LogP contribution in [0.25, 0.3) is 5.65 Å². The molecule has 21 heavy (non-hydrogen) atoms. The molecule has 108 valence electrons. The van der Waals surface area contributed by atoms with E-state index in [2.05, 4.69) is 4.98 Å². The first-order valence-electron chi connectivity index (χ1n) is 6.62. The number of aromatic nitrogens is 4. The van der Waals surface area contributed by atoms with Gasteiger partial charge >= 0.3 is 5.69 Å². The number of nitrogen functional groups attached to an aromatic ring is 1. The molecule has 3 aromatic rings. The Hall–Kier alpha value is -2.83. The summed E-state index contributed by atoms with van der Waals surface area (Å²) in [7, 11) is 0. The normalized spacial score (nSPS) is 11.1. The number of rotatable bonds is 3. The summed E-state index contributed by atoms with van der Waals surface area (Å²) >= 11 is 0. The van der Waals surface area contributed by atoms with Gasteiger partial charge in [-0.05, 0) is 19.1 Å². The van der Waals surface area contributed by atoms with Crippen molar-refractivity contribution < 1.29 is 0 Å². The summed E-state index contributed by atoms with van der Waals surface area (Å²) < 4.78 is 4.36. The van der Waals surface area contributed by atoms with E-state index in [9.17, 15) is 9.59 Å². The quantitative estimate of drug-likeness (QED) is 0.750. The minimum Gasteiger partial charge on any atom is -0.393 e. The lowest BCUT2D eigenvalue weighted by atomic mass is 10.4. The minimum atomic E-state index is -0.484. The fraction of sp³-hybridized carbons (Fsp3) is 0.214. The van der Waals surface area contributed by atoms with Crippen LogP contribution in [0, 0.1) is 0 Å². The highest BCUT2D eigenvalue weighted by atomic mass is 16.2. The van der Waals surface area contributed by atoms with E-state index < -0.39 is 5.56 Å². The Kier molecular flexibility index (Phi) is 3.09. The van der Waals surface area contributed by atoms with E-state index in [4.69, 9.17) is 5.73 Å². The van der Waals surface area contributed by atoms with Gasteiger partial charge in [0, 0.05) is 25.1 Å². The Bertz CT molecular complexity index is 886. The Balaban J connectivity index is 2.11. The Labute approximate surface area is 119 Å². The number of hydrogen-bond acceptors (Lipinski definition) is 4. The first kappa shape index (κ1) is 13.2. The van der Waals surface area contributed by atoms with Crippen LogP contribution in [0.15, 0.2) is 46.4 Å². The first-order valence-corrected chi connectivity index (χ1v) is 6.62. The number of anilines is 1. The first-order chi connectivity index (χ1) is 10.1. The standard InChI is InChI=1S/C14H15N5O2/c1-2-17-9-11(15)13(20)19(14(17)21)8-10-7-18-6-4-3-5-12(18)16-10/h3-7,9H,2,8,15H2,1H3. The monoisotopic (exact) mass is 285 g/mol. The zero-order chi connectivity index (χ0) is 15.0. The van der Waals surface area contributed by atoms with Gasteiger partial charge in [0.25, 0.3) is 5.56 Å². The molecule has 3 rings (SSSR count). The molecule has 0 radical (unpaired) electrons. The second-order valence-electron chi connectivity index (χ2n) is 4.74. The van der Waals surface area contributed by atoms with Crippen LogP contribution < -0.4 is 17.0 Å². The molecule has 7 heteroatoms. The predicted octanol–water partition coefficient (Wildman–Crippen LogP) is 0.308. The highest BCUT2D eigenvalue weighted by molar-refractivity contribution is 5.39. The van der Waals surface area contributed by atoms with Gasteiger partial charge in [0.1, 0.15) is 11.3 Å². The van der Waals surface area contributed by atoms with Crippen molar-refractivity contribution in [2.24, 2.45) is 0 Å². The topological polar surface area (TPSA) is 87.3 Å². The summed E-state index contributed by atoms with van der Waals surface area (Å²) in [6, 6.07) is 5.62. The van der Waals surface area contributed by atoms with Crippen molar-refractivity contribution in [3.05, 3.63) is 63.3 Å². The molecule has 0 saturated carbocycles. The van der Waals surface area contributed by atoms with E-state index in [1.54, 1.807) is 6.20 Å². The third-order valence-electron chi connectivity index (χ3n) is 3.34. The zero-order valence-corrected chi connectivity index (χ0v) is 11.6. The van der Waals surface area contributed by atoms with Crippen LogP contribution in [-0.4, -0.2) is 18.5 Å². The third kappa shape index (κ3) is 2.22. The van der Waals surface area contributed by atoms with Crippen molar-refractivity contribution in [3.63, 3.8) is 0 Å². The number of aryl methyl sites for hydroxylation is 1. The van der Waals surface area contributed by atoms with E-state index in [0.29, 0.717) is 12.2 Å². The second-order valence-corrected chi connectivity index (χ2v) is 4.74. The zero-order valence-electron chi connectivity index (χ0n) is 11.6. The molecular weight excluding hydrogens is 270 g/mol. The number of fused-ring (bicyclic) bond motifs is 1. The van der Waals surface area contributed by atoms with Gasteiger partial charge in [-0.3, -0.25) is 13.9 Å². The predicted molar refractivity (Wildman–Crippen MR) is 79.3 cm³/mol. The van der Waals surface area contributed by atoms with Crippen molar-refractivity contribution in [2.45, 2.75) is 20.0 Å². The van der Waals surface area contributed by atoms with Gasteiger partial charge in [-0.2, -0.15) is 0 Å². The van der Waals surface area contributed by atoms with Crippen molar-refractivity contribution in [2.75, 3.05) is 5.73 Å². The maximum Gasteiger partial charge on any atom is 0.331 e. The molecule has 0 atom stereocenters. The molecule has 0 bridgehead atoms. The fourth-order valence-electron chi connectivity index (χ4n) is 2.27. The Morgan fingerprint density at radius 2 is 2.05 bits per heavy atom. The lowest BCUT2D eigenvalue weighted by Gasteiger charge is -2.08. The van der Waals surface area contributed by atoms with Gasteiger partial charge in [-0.25, -0.2) is 9.78 Å². The summed E-state index contributed by atoms with van der Waals surface area (Å²) in [5.74, 6) is 0. The third-order valence-corrected chi connectivity index (χ3v) is 3.34. The molecule has 7 nitrogen and oxygen atoms in total. The van der Waals surface area contributed by atoms with Gasteiger partial charge in [0.15, 0.2) is 0 Å². The Morgan fingerprint density at radius 3 is 2.76 bits per heavy atom. The van der Waals surface area contributed by atoms with Crippen LogP contribution in [0.3, 0.4) is 0 Å². The number of nitrogens with two attached hydrogens (primary N) is 1. The van der Waals surface area contributed by atoms with Crippen molar-refractivity contribution >= 4 is 11.3 Å². The van der Waals surface area contributed by atoms with E-state index in [0.717, 1.165) is 10.2 Å². The molecule has 3 heterocycles. The number of pyridine rings is 1. The highest BCUT2D eigenvalue weighted by Crippen LogP contribution is 2.05. The van der Waals surface area contributed by atoms with Crippen LogP contribution in [-0.2, 0) is 13.1 Å². The highest BCUT2D eigenvalue weighted by Gasteiger charge is 2.11. The fourth-order valence-corrected chi connectivity index (χ4v) is 2.27. The molecular formula is C14H15N5O2. The molecule has 0 aliphatic rings.